The molecule has 1 heterocycles. The van der Waals surface area contributed by atoms with Crippen molar-refractivity contribution in [3.63, 3.8) is 0 Å². The van der Waals surface area contributed by atoms with Crippen molar-refractivity contribution in [3.05, 3.63) is 57.8 Å². The predicted molar refractivity (Wildman–Crippen MR) is 86.8 cm³/mol. The molecule has 0 spiro atoms. The summed E-state index contributed by atoms with van der Waals surface area (Å²) in [6.45, 7) is 4.02. The summed E-state index contributed by atoms with van der Waals surface area (Å²) in [6, 6.07) is 8.90. The average molecular weight is 318 g/mol. The normalized spacial score (nSPS) is 11.1. The van der Waals surface area contributed by atoms with Gasteiger partial charge in [0.15, 0.2) is 5.58 Å². The van der Waals surface area contributed by atoms with E-state index in [1.807, 2.05) is 26.0 Å². The molecule has 0 fully saturated rings. The minimum Gasteiger partial charge on any atom is -0.408 e. The van der Waals surface area contributed by atoms with Gasteiger partial charge in [0.05, 0.1) is 10.4 Å². The number of rotatable bonds is 3. The van der Waals surface area contributed by atoms with Crippen LogP contribution in [0.4, 0.5) is 10.1 Å². The number of oxazole rings is 1. The number of aryl methyl sites for hydroxylation is 3. The van der Waals surface area contributed by atoms with E-state index in [4.69, 9.17) is 4.42 Å². The minimum atomic E-state index is -0.501. The Hall–Kier alpha value is -2.21. The molecule has 0 aliphatic carbocycles. The van der Waals surface area contributed by atoms with Crippen LogP contribution in [0.2, 0.25) is 0 Å². The first kappa shape index (κ1) is 14.7. The lowest BCUT2D eigenvalue weighted by Gasteiger charge is -2.08. The Morgan fingerprint density at radius 3 is 2.50 bits per heavy atom. The third-order valence-electron chi connectivity index (χ3n) is 3.35. The van der Waals surface area contributed by atoms with Crippen LogP contribution >= 0.6 is 11.9 Å². The second-order valence-corrected chi connectivity index (χ2v) is 6.11. The first-order valence-electron chi connectivity index (χ1n) is 6.74. The molecule has 114 valence electrons. The summed E-state index contributed by atoms with van der Waals surface area (Å²) in [7, 11) is 1.60. The molecular weight excluding hydrogens is 303 g/mol. The highest BCUT2D eigenvalue weighted by molar-refractivity contribution is 8.00. The third kappa shape index (κ3) is 2.74. The Kier molecular flexibility index (Phi) is 3.70. The number of aromatic nitrogens is 1. The molecule has 3 aromatic rings. The summed E-state index contributed by atoms with van der Waals surface area (Å²) in [4.78, 5) is 11.9. The van der Waals surface area contributed by atoms with E-state index in [9.17, 15) is 9.18 Å². The largest absolute Gasteiger partial charge is 0.419 e. The predicted octanol–water partition coefficient (Wildman–Crippen LogP) is 4.01. The third-order valence-corrected chi connectivity index (χ3v) is 4.22. The van der Waals surface area contributed by atoms with Crippen LogP contribution in [0, 0.1) is 19.7 Å². The zero-order chi connectivity index (χ0) is 15.9. The van der Waals surface area contributed by atoms with E-state index in [1.54, 1.807) is 13.1 Å². The van der Waals surface area contributed by atoms with Crippen molar-refractivity contribution >= 4 is 28.7 Å². The SMILES string of the molecule is Cc1cc(C)cc(NSc2cc3c(cc2F)oc(=O)n3C)c1. The number of nitrogens with zero attached hydrogens (tertiary/aromatic N) is 1. The second-order valence-electron chi connectivity index (χ2n) is 5.26. The van der Waals surface area contributed by atoms with E-state index in [0.717, 1.165) is 16.8 Å². The van der Waals surface area contributed by atoms with Gasteiger partial charge in [-0.05, 0) is 55.1 Å². The Balaban J connectivity index is 1.91. The zero-order valence-corrected chi connectivity index (χ0v) is 13.3. The highest BCUT2D eigenvalue weighted by Gasteiger charge is 2.12. The van der Waals surface area contributed by atoms with Gasteiger partial charge in [-0.15, -0.1) is 0 Å². The van der Waals surface area contributed by atoms with Gasteiger partial charge in [0.2, 0.25) is 0 Å². The van der Waals surface area contributed by atoms with Crippen LogP contribution in [-0.4, -0.2) is 4.57 Å². The Morgan fingerprint density at radius 1 is 1.14 bits per heavy atom. The molecule has 3 rings (SSSR count). The maximum atomic E-state index is 14.1. The summed E-state index contributed by atoms with van der Waals surface area (Å²) in [5, 5.41) is 0. The lowest BCUT2D eigenvalue weighted by Crippen LogP contribution is -2.08. The molecule has 6 heteroatoms. The summed E-state index contributed by atoms with van der Waals surface area (Å²) >= 11 is 1.17. The topological polar surface area (TPSA) is 47.2 Å². The molecule has 0 aliphatic rings. The maximum Gasteiger partial charge on any atom is 0.419 e. The molecule has 4 nitrogen and oxygen atoms in total. The molecular formula is C16H15FN2O2S. The second kappa shape index (κ2) is 5.53. The van der Waals surface area contributed by atoms with Gasteiger partial charge in [-0.1, -0.05) is 6.07 Å². The van der Waals surface area contributed by atoms with Crippen LogP contribution in [0.5, 0.6) is 0 Å². The van der Waals surface area contributed by atoms with E-state index in [-0.39, 0.29) is 5.58 Å². The van der Waals surface area contributed by atoms with Gasteiger partial charge < -0.3 is 9.14 Å². The standard InChI is InChI=1S/C16H15FN2O2S/c1-9-4-10(2)6-11(5-9)18-22-15-8-13-14(7-12(15)17)21-16(20)19(13)3/h4-8,18H,1-3H3. The lowest BCUT2D eigenvalue weighted by molar-refractivity contribution is 0.524. The van der Waals surface area contributed by atoms with E-state index < -0.39 is 11.6 Å². The fraction of sp³-hybridized carbons (Fsp3) is 0.188. The van der Waals surface area contributed by atoms with Crippen LogP contribution < -0.4 is 10.5 Å². The van der Waals surface area contributed by atoms with Gasteiger partial charge in [-0.25, -0.2) is 9.18 Å². The van der Waals surface area contributed by atoms with E-state index in [2.05, 4.69) is 10.8 Å². The first-order valence-corrected chi connectivity index (χ1v) is 7.56. The Labute approximate surface area is 131 Å². The molecule has 0 unspecified atom stereocenters. The monoisotopic (exact) mass is 318 g/mol. The Morgan fingerprint density at radius 2 is 1.82 bits per heavy atom. The van der Waals surface area contributed by atoms with Gasteiger partial charge in [0.1, 0.15) is 5.82 Å². The highest BCUT2D eigenvalue weighted by atomic mass is 32.2. The number of halogens is 1. The van der Waals surface area contributed by atoms with Crippen molar-refractivity contribution in [2.24, 2.45) is 7.05 Å². The zero-order valence-electron chi connectivity index (χ0n) is 12.4. The molecule has 0 bridgehead atoms. The van der Waals surface area contributed by atoms with Crippen LogP contribution in [-0.2, 0) is 7.05 Å². The van der Waals surface area contributed by atoms with Crippen molar-refractivity contribution in [2.75, 3.05) is 4.72 Å². The molecule has 22 heavy (non-hydrogen) atoms. The number of fused-ring (bicyclic) bond motifs is 1. The quantitative estimate of drug-likeness (QED) is 0.741. The van der Waals surface area contributed by atoms with Crippen LogP contribution in [0.15, 0.2) is 44.4 Å². The molecule has 0 radical (unpaired) electrons. The summed E-state index contributed by atoms with van der Waals surface area (Å²) in [6.07, 6.45) is 0. The van der Waals surface area contributed by atoms with Gasteiger partial charge in [0, 0.05) is 18.8 Å². The van der Waals surface area contributed by atoms with Crippen molar-refractivity contribution in [3.8, 4) is 0 Å². The molecule has 1 N–H and O–H groups in total. The summed E-state index contributed by atoms with van der Waals surface area (Å²) in [5.41, 5.74) is 3.99. The summed E-state index contributed by atoms with van der Waals surface area (Å²) in [5.74, 6) is -0.928. The number of benzene rings is 2. The van der Waals surface area contributed by atoms with Gasteiger partial charge >= 0.3 is 5.76 Å². The highest BCUT2D eigenvalue weighted by Crippen LogP contribution is 2.28. The number of nitrogens with one attached hydrogen (secondary N) is 1. The molecule has 0 amide bonds. The van der Waals surface area contributed by atoms with Crippen LogP contribution in [0.1, 0.15) is 11.1 Å². The molecule has 0 aliphatic heterocycles. The molecule has 0 atom stereocenters. The Bertz CT molecular complexity index is 894. The smallest absolute Gasteiger partial charge is 0.408 e. The van der Waals surface area contributed by atoms with Crippen LogP contribution in [0.3, 0.4) is 0 Å². The number of anilines is 1. The van der Waals surface area contributed by atoms with Gasteiger partial charge in [0.25, 0.3) is 0 Å². The van der Waals surface area contributed by atoms with E-state index in [0.29, 0.717) is 10.4 Å². The lowest BCUT2D eigenvalue weighted by atomic mass is 10.1. The van der Waals surface area contributed by atoms with E-state index >= 15 is 0 Å². The molecule has 1 aromatic heterocycles. The van der Waals surface area contributed by atoms with Crippen LogP contribution in [0.25, 0.3) is 11.1 Å². The van der Waals surface area contributed by atoms with Gasteiger partial charge in [-0.3, -0.25) is 4.57 Å². The van der Waals surface area contributed by atoms with Crippen molar-refractivity contribution in [1.29, 1.82) is 0 Å². The molecule has 0 saturated carbocycles. The molecule has 0 saturated heterocycles. The van der Waals surface area contributed by atoms with Gasteiger partial charge in [-0.2, -0.15) is 0 Å². The minimum absolute atomic E-state index is 0.251. The van der Waals surface area contributed by atoms with Crippen molar-refractivity contribution < 1.29 is 8.81 Å². The number of hydrogen-bond donors (Lipinski definition) is 1. The first-order chi connectivity index (χ1) is 10.4. The fourth-order valence-electron chi connectivity index (χ4n) is 2.35. The fourth-order valence-corrected chi connectivity index (χ4v) is 3.03. The molecule has 2 aromatic carbocycles. The average Bonchev–Trinajstić information content (AvgIpc) is 2.70. The number of hydrogen-bond acceptors (Lipinski definition) is 4. The van der Waals surface area contributed by atoms with E-state index in [1.165, 1.54) is 22.6 Å². The summed E-state index contributed by atoms with van der Waals surface area (Å²) < 4.78 is 23.5. The maximum absolute atomic E-state index is 14.1. The van der Waals surface area contributed by atoms with Crippen molar-refractivity contribution in [2.45, 2.75) is 18.7 Å². The van der Waals surface area contributed by atoms with Crippen molar-refractivity contribution in [1.82, 2.24) is 4.57 Å².